The van der Waals surface area contributed by atoms with Gasteiger partial charge in [-0.25, -0.2) is 9.98 Å². The lowest BCUT2D eigenvalue weighted by molar-refractivity contribution is -0.384. The smallest absolute Gasteiger partial charge is 0.270 e. The zero-order chi connectivity index (χ0) is 26.6. The summed E-state index contributed by atoms with van der Waals surface area (Å²) >= 11 is 2.67. The van der Waals surface area contributed by atoms with E-state index >= 15 is 0 Å². The summed E-state index contributed by atoms with van der Waals surface area (Å²) in [5, 5.41) is 15.4. The molecule has 192 valence electrons. The van der Waals surface area contributed by atoms with Crippen molar-refractivity contribution in [3.05, 3.63) is 102 Å². The van der Waals surface area contributed by atoms with Crippen LogP contribution in [0.15, 0.2) is 74.4 Å². The molecule has 9 nitrogen and oxygen atoms in total. The van der Waals surface area contributed by atoms with Gasteiger partial charge in [-0.1, -0.05) is 30.0 Å². The van der Waals surface area contributed by atoms with Crippen LogP contribution in [0.1, 0.15) is 44.9 Å². The minimum atomic E-state index is -0.471. The molecule has 2 aromatic carbocycles. The van der Waals surface area contributed by atoms with Crippen molar-refractivity contribution in [1.82, 2.24) is 9.97 Å². The first kappa shape index (κ1) is 25.6. The molecule has 0 unspecified atom stereocenters. The molecule has 4 aromatic rings. The highest BCUT2D eigenvalue weighted by Gasteiger charge is 2.25. The van der Waals surface area contributed by atoms with Crippen molar-refractivity contribution in [3.63, 3.8) is 0 Å². The van der Waals surface area contributed by atoms with Gasteiger partial charge in [-0.3, -0.25) is 19.7 Å². The van der Waals surface area contributed by atoms with Crippen molar-refractivity contribution < 1.29 is 9.72 Å². The predicted octanol–water partition coefficient (Wildman–Crippen LogP) is 6.08. The van der Waals surface area contributed by atoms with Gasteiger partial charge in [0.1, 0.15) is 5.00 Å². The third kappa shape index (κ3) is 5.74. The fourth-order valence-electron chi connectivity index (χ4n) is 4.27. The van der Waals surface area contributed by atoms with Crippen LogP contribution in [0.5, 0.6) is 0 Å². The Kier molecular flexibility index (Phi) is 7.47. The Morgan fingerprint density at radius 3 is 2.74 bits per heavy atom. The third-order valence-corrected chi connectivity index (χ3v) is 8.17. The summed E-state index contributed by atoms with van der Waals surface area (Å²) in [5.41, 5.74) is 2.94. The average Bonchev–Trinajstić information content (AvgIpc) is 3.26. The number of aryl methyl sites for hydroxylation is 2. The van der Waals surface area contributed by atoms with E-state index in [4.69, 9.17) is 0 Å². The summed E-state index contributed by atoms with van der Waals surface area (Å²) in [5.74, 6) is -0.224. The van der Waals surface area contributed by atoms with Crippen molar-refractivity contribution >= 4 is 51.6 Å². The molecule has 1 amide bonds. The number of amides is 1. The van der Waals surface area contributed by atoms with Crippen LogP contribution in [0, 0.1) is 17.0 Å². The van der Waals surface area contributed by atoms with E-state index < -0.39 is 4.92 Å². The number of aromatic amines is 1. The molecule has 0 atom stereocenters. The van der Waals surface area contributed by atoms with Gasteiger partial charge in [0.05, 0.1) is 10.5 Å². The monoisotopic (exact) mass is 545 g/mol. The van der Waals surface area contributed by atoms with Gasteiger partial charge in [0.2, 0.25) is 0 Å². The Hall–Kier alpha value is -4.09. The van der Waals surface area contributed by atoms with E-state index in [1.54, 1.807) is 19.2 Å². The highest BCUT2D eigenvalue weighted by molar-refractivity contribution is 7.99. The van der Waals surface area contributed by atoms with E-state index in [-0.39, 0.29) is 17.2 Å². The maximum Gasteiger partial charge on any atom is 0.270 e. The van der Waals surface area contributed by atoms with Crippen molar-refractivity contribution in [3.8, 4) is 0 Å². The molecule has 0 aliphatic heterocycles. The number of nitrogens with one attached hydrogen (secondary N) is 2. The molecule has 0 fully saturated rings. The van der Waals surface area contributed by atoms with E-state index in [9.17, 15) is 19.7 Å². The number of hydrogen-bond acceptors (Lipinski definition) is 8. The van der Waals surface area contributed by atoms with E-state index in [2.05, 4.69) is 20.3 Å². The summed E-state index contributed by atoms with van der Waals surface area (Å²) in [7, 11) is 0. The maximum atomic E-state index is 13.4. The molecule has 5 rings (SSSR count). The number of benzene rings is 2. The fourth-order valence-corrected chi connectivity index (χ4v) is 6.41. The van der Waals surface area contributed by atoms with Crippen LogP contribution in [0.3, 0.4) is 0 Å². The number of fused-ring (bicyclic) bond motifs is 1. The third-order valence-electron chi connectivity index (χ3n) is 5.99. The fraction of sp³-hybridized carbons (Fsp3) is 0.185. The van der Waals surface area contributed by atoms with Gasteiger partial charge in [-0.15, -0.1) is 11.3 Å². The van der Waals surface area contributed by atoms with Crippen LogP contribution in [0.25, 0.3) is 0 Å². The molecule has 0 saturated carbocycles. The van der Waals surface area contributed by atoms with Gasteiger partial charge < -0.3 is 10.3 Å². The number of aliphatic imine (C=N–C) groups is 1. The molecule has 38 heavy (non-hydrogen) atoms. The standard InChI is InChI=1S/C27H23N5O4S2/c1-16-13-23(33)31-27(29-16)38-21-12-11-19(32(35)36)14-17(21)15-28-26-24(20-9-5-6-10-22(20)37-26)25(34)30-18-7-3-2-4-8-18/h2-4,7-8,11-15H,5-6,9-10H2,1H3,(H,30,34)(H,29,31,33). The van der Waals surface area contributed by atoms with Gasteiger partial charge in [0.25, 0.3) is 17.2 Å². The number of H-pyrrole nitrogens is 1. The first-order valence-corrected chi connectivity index (χ1v) is 13.6. The quantitative estimate of drug-likeness (QED) is 0.125. The molecule has 0 bridgehead atoms. The first-order chi connectivity index (χ1) is 18.4. The Bertz CT molecular complexity index is 1610. The lowest BCUT2D eigenvalue weighted by Crippen LogP contribution is -2.14. The number of nitro groups is 1. The Morgan fingerprint density at radius 1 is 1.18 bits per heavy atom. The second kappa shape index (κ2) is 11.1. The van der Waals surface area contributed by atoms with E-state index in [0.717, 1.165) is 36.1 Å². The highest BCUT2D eigenvalue weighted by Crippen LogP contribution is 2.40. The topological polar surface area (TPSA) is 130 Å². The number of carbonyl (C=O) groups excluding carboxylic acids is 1. The number of non-ortho nitro benzene ring substituents is 1. The number of nitrogens with zero attached hydrogens (tertiary/aromatic N) is 3. The second-order valence-electron chi connectivity index (χ2n) is 8.74. The van der Waals surface area contributed by atoms with E-state index in [1.807, 2.05) is 30.3 Å². The van der Waals surface area contributed by atoms with Crippen molar-refractivity contribution in [2.75, 3.05) is 5.32 Å². The number of hydrogen-bond donors (Lipinski definition) is 2. The molecule has 1 aliphatic carbocycles. The molecule has 0 spiro atoms. The van der Waals surface area contributed by atoms with E-state index in [1.165, 1.54) is 41.3 Å². The zero-order valence-electron chi connectivity index (χ0n) is 20.4. The number of aromatic nitrogens is 2. The van der Waals surface area contributed by atoms with Crippen molar-refractivity contribution in [2.24, 2.45) is 4.99 Å². The molecular formula is C27H23N5O4S2. The summed E-state index contributed by atoms with van der Waals surface area (Å²) in [6.07, 6.45) is 5.31. The van der Waals surface area contributed by atoms with Gasteiger partial charge in [0, 0.05) is 51.1 Å². The van der Waals surface area contributed by atoms with E-state index in [0.29, 0.717) is 37.6 Å². The lowest BCUT2D eigenvalue weighted by Gasteiger charge is -2.12. The molecule has 1 aliphatic rings. The summed E-state index contributed by atoms with van der Waals surface area (Å²) in [6, 6.07) is 15.1. The maximum absolute atomic E-state index is 13.4. The Morgan fingerprint density at radius 2 is 1.97 bits per heavy atom. The minimum absolute atomic E-state index is 0.0889. The number of thiophene rings is 1. The zero-order valence-corrected chi connectivity index (χ0v) is 22.0. The molecule has 0 radical (unpaired) electrons. The molecular weight excluding hydrogens is 522 g/mol. The number of anilines is 1. The Labute approximate surface area is 226 Å². The second-order valence-corrected chi connectivity index (χ2v) is 10.9. The molecule has 11 heteroatoms. The molecule has 2 heterocycles. The van der Waals surface area contributed by atoms with Gasteiger partial charge in [-0.05, 0) is 56.4 Å². The van der Waals surface area contributed by atoms with Crippen LogP contribution in [-0.2, 0) is 12.8 Å². The van der Waals surface area contributed by atoms with Gasteiger partial charge in [-0.2, -0.15) is 0 Å². The molecule has 2 aromatic heterocycles. The summed E-state index contributed by atoms with van der Waals surface area (Å²) < 4.78 is 0. The van der Waals surface area contributed by atoms with Crippen LogP contribution in [0.4, 0.5) is 16.4 Å². The largest absolute Gasteiger partial charge is 0.322 e. The van der Waals surface area contributed by atoms with Crippen LogP contribution < -0.4 is 10.9 Å². The van der Waals surface area contributed by atoms with Crippen LogP contribution >= 0.6 is 23.1 Å². The molecule has 2 N–H and O–H groups in total. The summed E-state index contributed by atoms with van der Waals surface area (Å²) in [4.78, 5) is 49.8. The number of rotatable bonds is 7. The van der Waals surface area contributed by atoms with Crippen molar-refractivity contribution in [1.29, 1.82) is 0 Å². The number of para-hydroxylation sites is 1. The molecule has 0 saturated heterocycles. The van der Waals surface area contributed by atoms with Crippen LogP contribution in [0.2, 0.25) is 0 Å². The van der Waals surface area contributed by atoms with Gasteiger partial charge in [0.15, 0.2) is 5.16 Å². The Balaban J connectivity index is 1.53. The number of carbonyl (C=O) groups is 1. The SMILES string of the molecule is Cc1cc(=O)[nH]c(Sc2ccc([N+](=O)[O-])cc2C=Nc2sc3c(c2C(=O)Nc2ccccc2)CCCC3)n1. The van der Waals surface area contributed by atoms with Crippen LogP contribution in [-0.4, -0.2) is 27.0 Å². The lowest BCUT2D eigenvalue weighted by atomic mass is 9.95. The highest BCUT2D eigenvalue weighted by atomic mass is 32.2. The van der Waals surface area contributed by atoms with Gasteiger partial charge >= 0.3 is 0 Å². The first-order valence-electron chi connectivity index (χ1n) is 12.0. The predicted molar refractivity (Wildman–Crippen MR) is 149 cm³/mol. The summed E-state index contributed by atoms with van der Waals surface area (Å²) in [6.45, 7) is 1.72. The van der Waals surface area contributed by atoms with Crippen molar-refractivity contribution in [2.45, 2.75) is 42.7 Å². The normalized spacial score (nSPS) is 12.9. The minimum Gasteiger partial charge on any atom is -0.322 e. The number of nitro benzene ring substituents is 1. The average molecular weight is 546 g/mol.